The van der Waals surface area contributed by atoms with Crippen molar-refractivity contribution in [3.63, 3.8) is 0 Å². The van der Waals surface area contributed by atoms with Crippen molar-refractivity contribution in [1.82, 2.24) is 9.97 Å². The van der Waals surface area contributed by atoms with E-state index in [1.54, 1.807) is 6.20 Å². The van der Waals surface area contributed by atoms with Crippen molar-refractivity contribution in [1.29, 1.82) is 0 Å². The summed E-state index contributed by atoms with van der Waals surface area (Å²) in [4.78, 5) is 20.1. The van der Waals surface area contributed by atoms with E-state index in [9.17, 15) is 4.79 Å². The van der Waals surface area contributed by atoms with Crippen molar-refractivity contribution < 1.29 is 4.79 Å². The van der Waals surface area contributed by atoms with E-state index in [1.807, 2.05) is 19.9 Å². The summed E-state index contributed by atoms with van der Waals surface area (Å²) in [6, 6.07) is 3.31. The molecule has 0 spiro atoms. The molecule has 0 fully saturated rings. The van der Waals surface area contributed by atoms with Gasteiger partial charge < -0.3 is 5.32 Å². The normalized spacial score (nSPS) is 10.3. The van der Waals surface area contributed by atoms with Crippen LogP contribution in [0.3, 0.4) is 0 Å². The summed E-state index contributed by atoms with van der Waals surface area (Å²) in [6.45, 7) is 3.73. The number of carbonyl (C=O) groups excluding carboxylic acids is 1. The van der Waals surface area contributed by atoms with Crippen LogP contribution in [0.4, 0.5) is 5.69 Å². The molecule has 2 aromatic rings. The molecule has 2 rings (SSSR count). The summed E-state index contributed by atoms with van der Waals surface area (Å²) >= 11 is 11.5. The second-order valence-electron chi connectivity index (χ2n) is 4.04. The number of aromatic nitrogens is 2. The van der Waals surface area contributed by atoms with Crippen molar-refractivity contribution in [2.75, 3.05) is 5.32 Å². The summed E-state index contributed by atoms with van der Waals surface area (Å²) < 4.78 is 0. The number of hydrogen-bond donors (Lipinski definition) is 1. The van der Waals surface area contributed by atoms with Gasteiger partial charge in [0.15, 0.2) is 0 Å². The van der Waals surface area contributed by atoms with Crippen LogP contribution in [0.25, 0.3) is 0 Å². The number of aryl methyl sites for hydroxylation is 2. The molecule has 0 aliphatic rings. The van der Waals surface area contributed by atoms with Crippen LogP contribution in [0.5, 0.6) is 0 Å². The molecule has 98 valence electrons. The lowest BCUT2D eigenvalue weighted by Gasteiger charge is -2.10. The number of carbonyl (C=O) groups is 1. The molecule has 19 heavy (non-hydrogen) atoms. The summed E-state index contributed by atoms with van der Waals surface area (Å²) in [5, 5.41) is 3.22. The van der Waals surface area contributed by atoms with Gasteiger partial charge in [0.1, 0.15) is 5.15 Å². The SMILES string of the molecule is Cc1ccnc(C)c1NC(=O)c1cnc(Cl)c(Cl)c1. The van der Waals surface area contributed by atoms with Gasteiger partial charge in [-0.05, 0) is 31.5 Å². The predicted octanol–water partition coefficient (Wildman–Crippen LogP) is 3.65. The van der Waals surface area contributed by atoms with Gasteiger partial charge in [0, 0.05) is 12.4 Å². The van der Waals surface area contributed by atoms with Crippen LogP contribution in [-0.2, 0) is 0 Å². The molecular formula is C13H11Cl2N3O. The summed E-state index contributed by atoms with van der Waals surface area (Å²) in [6.07, 6.45) is 3.08. The van der Waals surface area contributed by atoms with Crippen LogP contribution in [0, 0.1) is 13.8 Å². The molecule has 4 nitrogen and oxygen atoms in total. The van der Waals surface area contributed by atoms with E-state index in [0.717, 1.165) is 11.3 Å². The number of amides is 1. The van der Waals surface area contributed by atoms with Gasteiger partial charge in [-0.3, -0.25) is 9.78 Å². The van der Waals surface area contributed by atoms with E-state index in [0.29, 0.717) is 11.3 Å². The van der Waals surface area contributed by atoms with Crippen LogP contribution in [0.2, 0.25) is 10.2 Å². The fraction of sp³-hybridized carbons (Fsp3) is 0.154. The van der Waals surface area contributed by atoms with Gasteiger partial charge in [0.05, 0.1) is 22.0 Å². The lowest BCUT2D eigenvalue weighted by atomic mass is 10.2. The minimum absolute atomic E-state index is 0.173. The number of nitrogens with one attached hydrogen (secondary N) is 1. The maximum atomic E-state index is 12.1. The topological polar surface area (TPSA) is 54.9 Å². The van der Waals surface area contributed by atoms with Gasteiger partial charge in [0.2, 0.25) is 0 Å². The van der Waals surface area contributed by atoms with Crippen LogP contribution in [-0.4, -0.2) is 15.9 Å². The lowest BCUT2D eigenvalue weighted by molar-refractivity contribution is 0.102. The number of halogens is 2. The molecule has 6 heteroatoms. The highest BCUT2D eigenvalue weighted by molar-refractivity contribution is 6.41. The second kappa shape index (κ2) is 5.55. The Bertz CT molecular complexity index is 624. The van der Waals surface area contributed by atoms with Crippen molar-refractivity contribution in [3.8, 4) is 0 Å². The fourth-order valence-electron chi connectivity index (χ4n) is 1.61. The summed E-state index contributed by atoms with van der Waals surface area (Å²) in [5.74, 6) is -0.301. The Morgan fingerprint density at radius 3 is 2.63 bits per heavy atom. The van der Waals surface area contributed by atoms with E-state index in [-0.39, 0.29) is 16.1 Å². The quantitative estimate of drug-likeness (QED) is 0.861. The molecule has 0 aromatic carbocycles. The first-order valence-electron chi connectivity index (χ1n) is 5.53. The molecule has 0 radical (unpaired) electrons. The maximum absolute atomic E-state index is 12.1. The highest BCUT2D eigenvalue weighted by atomic mass is 35.5. The first-order chi connectivity index (χ1) is 8.99. The van der Waals surface area contributed by atoms with Gasteiger partial charge in [0.25, 0.3) is 5.91 Å². The standard InChI is InChI=1S/C13H11Cl2N3O/c1-7-3-4-16-8(2)11(7)18-13(19)9-5-10(14)12(15)17-6-9/h3-6H,1-2H3,(H,18,19). The van der Waals surface area contributed by atoms with Crippen LogP contribution in [0.15, 0.2) is 24.5 Å². The third-order valence-electron chi connectivity index (χ3n) is 2.65. The Labute approximate surface area is 120 Å². The first-order valence-corrected chi connectivity index (χ1v) is 6.29. The fourth-order valence-corrected chi connectivity index (χ4v) is 1.88. The smallest absolute Gasteiger partial charge is 0.257 e. The third-order valence-corrected chi connectivity index (χ3v) is 3.33. The Hall–Kier alpha value is -1.65. The first kappa shape index (κ1) is 13.8. The molecule has 1 N–H and O–H groups in total. The van der Waals surface area contributed by atoms with Gasteiger partial charge in [-0.1, -0.05) is 23.2 Å². The van der Waals surface area contributed by atoms with Crippen LogP contribution < -0.4 is 5.32 Å². The molecule has 0 aliphatic carbocycles. The summed E-state index contributed by atoms with van der Waals surface area (Å²) in [7, 11) is 0. The zero-order valence-electron chi connectivity index (χ0n) is 10.4. The molecule has 0 aliphatic heterocycles. The Balaban J connectivity index is 2.28. The highest BCUT2D eigenvalue weighted by Crippen LogP contribution is 2.22. The third kappa shape index (κ3) is 3.03. The number of anilines is 1. The average Bonchev–Trinajstić information content (AvgIpc) is 2.37. The van der Waals surface area contributed by atoms with Gasteiger partial charge in [-0.2, -0.15) is 0 Å². The van der Waals surface area contributed by atoms with Gasteiger partial charge in [-0.25, -0.2) is 4.98 Å². The Kier molecular flexibility index (Phi) is 4.02. The number of rotatable bonds is 2. The molecule has 0 bridgehead atoms. The zero-order chi connectivity index (χ0) is 14.0. The number of nitrogens with zero attached hydrogens (tertiary/aromatic N) is 2. The molecule has 0 atom stereocenters. The van der Waals surface area contributed by atoms with Crippen molar-refractivity contribution in [2.24, 2.45) is 0 Å². The van der Waals surface area contributed by atoms with Crippen molar-refractivity contribution in [2.45, 2.75) is 13.8 Å². The zero-order valence-corrected chi connectivity index (χ0v) is 11.9. The van der Waals surface area contributed by atoms with Crippen molar-refractivity contribution >= 4 is 34.8 Å². The van der Waals surface area contributed by atoms with Crippen molar-refractivity contribution in [3.05, 3.63) is 51.5 Å². The minimum atomic E-state index is -0.301. The largest absolute Gasteiger partial charge is 0.320 e. The minimum Gasteiger partial charge on any atom is -0.320 e. The van der Waals surface area contributed by atoms with Crippen LogP contribution >= 0.6 is 23.2 Å². The Morgan fingerprint density at radius 1 is 1.26 bits per heavy atom. The van der Waals surface area contributed by atoms with Gasteiger partial charge in [-0.15, -0.1) is 0 Å². The summed E-state index contributed by atoms with van der Waals surface area (Å²) in [5.41, 5.74) is 2.73. The molecule has 0 saturated heterocycles. The predicted molar refractivity (Wildman–Crippen MR) is 75.9 cm³/mol. The molecule has 2 aromatic heterocycles. The lowest BCUT2D eigenvalue weighted by Crippen LogP contribution is -2.14. The van der Waals surface area contributed by atoms with E-state index < -0.39 is 0 Å². The molecule has 0 unspecified atom stereocenters. The molecule has 0 saturated carbocycles. The highest BCUT2D eigenvalue weighted by Gasteiger charge is 2.12. The monoisotopic (exact) mass is 295 g/mol. The van der Waals surface area contributed by atoms with E-state index >= 15 is 0 Å². The van der Waals surface area contributed by atoms with Crippen LogP contribution in [0.1, 0.15) is 21.6 Å². The number of hydrogen-bond acceptors (Lipinski definition) is 3. The second-order valence-corrected chi connectivity index (χ2v) is 4.80. The van der Waals surface area contributed by atoms with E-state index in [2.05, 4.69) is 15.3 Å². The Morgan fingerprint density at radius 2 is 2.00 bits per heavy atom. The molecular weight excluding hydrogens is 285 g/mol. The van der Waals surface area contributed by atoms with E-state index in [4.69, 9.17) is 23.2 Å². The van der Waals surface area contributed by atoms with E-state index in [1.165, 1.54) is 12.3 Å². The molecule has 1 amide bonds. The van der Waals surface area contributed by atoms with Gasteiger partial charge >= 0.3 is 0 Å². The number of pyridine rings is 2. The maximum Gasteiger partial charge on any atom is 0.257 e. The molecule has 2 heterocycles. The average molecular weight is 296 g/mol.